The maximum Gasteiger partial charge on any atom is 0.253 e. The van der Waals surface area contributed by atoms with Crippen LogP contribution in [0.3, 0.4) is 0 Å². The number of piperidine rings is 1. The summed E-state index contributed by atoms with van der Waals surface area (Å²) in [6.45, 7) is 15.6. The van der Waals surface area contributed by atoms with Gasteiger partial charge in [0.15, 0.2) is 5.78 Å². The van der Waals surface area contributed by atoms with E-state index in [-0.39, 0.29) is 11.7 Å². The molecule has 1 N–H and O–H groups in total. The highest BCUT2D eigenvalue weighted by Crippen LogP contribution is 2.34. The van der Waals surface area contributed by atoms with E-state index < -0.39 is 0 Å². The number of carbonyl (C=O) groups is 2. The highest BCUT2D eigenvalue weighted by Gasteiger charge is 2.20. The number of nitrogens with one attached hydrogen (secondary N) is 1. The summed E-state index contributed by atoms with van der Waals surface area (Å²) < 4.78 is 5.89. The largest absolute Gasteiger partial charge is 0.492 e. The lowest BCUT2D eigenvalue weighted by Crippen LogP contribution is -2.35. The molecule has 1 saturated heterocycles. The van der Waals surface area contributed by atoms with Crippen LogP contribution in [0.25, 0.3) is 0 Å². The number of benzene rings is 2. The molecule has 4 rings (SSSR count). The van der Waals surface area contributed by atoms with Crippen LogP contribution >= 0.6 is 0 Å². The van der Waals surface area contributed by atoms with E-state index >= 15 is 0 Å². The van der Waals surface area contributed by atoms with Gasteiger partial charge in [0.2, 0.25) is 0 Å². The van der Waals surface area contributed by atoms with Crippen LogP contribution in [-0.4, -0.2) is 48.3 Å². The van der Waals surface area contributed by atoms with Gasteiger partial charge in [0, 0.05) is 49.2 Å². The van der Waals surface area contributed by atoms with Crippen LogP contribution in [0.4, 0.5) is 22.9 Å². The zero-order valence-corrected chi connectivity index (χ0v) is 25.5. The maximum absolute atomic E-state index is 13.0. The van der Waals surface area contributed by atoms with Crippen molar-refractivity contribution in [2.75, 3.05) is 37.0 Å². The number of pyridine rings is 1. The number of ether oxygens (including phenoxy) is 1. The van der Waals surface area contributed by atoms with Gasteiger partial charge in [-0.05, 0) is 75.9 Å². The molecule has 1 aliphatic heterocycles. The number of aromatic nitrogens is 1. The summed E-state index contributed by atoms with van der Waals surface area (Å²) in [6.07, 6.45) is 5.09. The van der Waals surface area contributed by atoms with Crippen LogP contribution < -0.4 is 15.0 Å². The molecule has 0 unspecified atom stereocenters. The highest BCUT2D eigenvalue weighted by atomic mass is 16.5. The monoisotopic (exact) mass is 546 g/mol. The van der Waals surface area contributed by atoms with Crippen LogP contribution in [0.15, 0.2) is 54.7 Å². The zero-order valence-electron chi connectivity index (χ0n) is 25.5. The quantitative estimate of drug-likeness (QED) is 0.287. The summed E-state index contributed by atoms with van der Waals surface area (Å²) in [6, 6.07) is 15.1. The van der Waals surface area contributed by atoms with Crippen LogP contribution in [0.2, 0.25) is 0 Å². The van der Waals surface area contributed by atoms with Gasteiger partial charge in [0.25, 0.3) is 5.91 Å². The Balaban J connectivity index is 0.00000134. The Labute approximate surface area is 240 Å². The van der Waals surface area contributed by atoms with Crippen molar-refractivity contribution in [1.29, 1.82) is 0 Å². The van der Waals surface area contributed by atoms with Crippen LogP contribution in [-0.2, 0) is 0 Å². The van der Waals surface area contributed by atoms with Gasteiger partial charge < -0.3 is 19.9 Å². The number of amides is 1. The number of ketones is 1. The van der Waals surface area contributed by atoms with E-state index in [1.54, 1.807) is 13.1 Å². The van der Waals surface area contributed by atoms with Gasteiger partial charge in [-0.1, -0.05) is 39.8 Å². The molecule has 2 heterocycles. The lowest BCUT2D eigenvalue weighted by Gasteiger charge is -2.27. The number of hydrogen-bond donors (Lipinski definition) is 1. The van der Waals surface area contributed by atoms with E-state index in [9.17, 15) is 9.59 Å². The van der Waals surface area contributed by atoms with E-state index in [4.69, 9.17) is 4.74 Å². The fraction of sp³-hybridized carbons (Fsp3) is 0.424. The second-order valence-electron chi connectivity index (χ2n) is 9.11. The van der Waals surface area contributed by atoms with Crippen molar-refractivity contribution < 1.29 is 14.3 Å². The Morgan fingerprint density at radius 1 is 0.975 bits per heavy atom. The molecular weight excluding hydrogens is 500 g/mol. The number of para-hydroxylation sites is 1. The fourth-order valence-electron chi connectivity index (χ4n) is 4.59. The predicted octanol–water partition coefficient (Wildman–Crippen LogP) is 8.18. The van der Waals surface area contributed by atoms with Gasteiger partial charge >= 0.3 is 0 Å². The number of Topliss-reactive ketones (excluding diaryl/α,β-unsaturated/α-hetero) is 1. The van der Waals surface area contributed by atoms with Crippen molar-refractivity contribution in [1.82, 2.24) is 9.88 Å². The highest BCUT2D eigenvalue weighted by molar-refractivity contribution is 6.00. The normalized spacial score (nSPS) is 12.2. The van der Waals surface area contributed by atoms with Gasteiger partial charge in [-0.25, -0.2) is 4.98 Å². The zero-order chi connectivity index (χ0) is 29.7. The topological polar surface area (TPSA) is 74.8 Å². The standard InChI is InChI=1S/C29H34N4O3.2C2H6/c1-5-36-27-17-22(29(35)33-15-9-6-10-16-33)13-14-24(27)31-28-18-26(20(2)19-30-28)32(4)25-12-8-7-11-23(25)21(3)34;2*1-2/h7-8,11-14,17-19H,5-6,9-10,15-16H2,1-4H3,(H,30,31);2*1-2H3. The molecule has 0 spiro atoms. The summed E-state index contributed by atoms with van der Waals surface area (Å²) >= 11 is 0. The molecule has 1 fully saturated rings. The van der Waals surface area contributed by atoms with Crippen LogP contribution in [0.5, 0.6) is 5.75 Å². The van der Waals surface area contributed by atoms with Crippen molar-refractivity contribution in [3.63, 3.8) is 0 Å². The minimum Gasteiger partial charge on any atom is -0.492 e. The smallest absolute Gasteiger partial charge is 0.253 e. The molecule has 3 aromatic rings. The number of anilines is 4. The molecule has 0 saturated carbocycles. The van der Waals surface area contributed by atoms with Gasteiger partial charge in [-0.2, -0.15) is 0 Å². The number of nitrogens with zero attached hydrogens (tertiary/aromatic N) is 3. The predicted molar refractivity (Wildman–Crippen MR) is 167 cm³/mol. The first kappa shape index (κ1) is 32.3. The molecule has 2 aromatic carbocycles. The summed E-state index contributed by atoms with van der Waals surface area (Å²) in [5, 5.41) is 3.36. The molecule has 0 aliphatic carbocycles. The van der Waals surface area contributed by atoms with E-state index in [1.165, 1.54) is 6.42 Å². The van der Waals surface area contributed by atoms with Crippen molar-refractivity contribution in [2.24, 2.45) is 0 Å². The Morgan fingerprint density at radius 2 is 1.65 bits per heavy atom. The maximum atomic E-state index is 13.0. The minimum atomic E-state index is 0.0167. The average molecular weight is 547 g/mol. The van der Waals surface area contributed by atoms with Crippen molar-refractivity contribution >= 4 is 34.6 Å². The molecule has 1 aromatic heterocycles. The Bertz CT molecular complexity index is 1250. The van der Waals surface area contributed by atoms with Crippen molar-refractivity contribution in [2.45, 2.75) is 67.7 Å². The van der Waals surface area contributed by atoms with Crippen LogP contribution in [0.1, 0.15) is 87.1 Å². The van der Waals surface area contributed by atoms with Gasteiger partial charge in [-0.3, -0.25) is 9.59 Å². The molecule has 40 heavy (non-hydrogen) atoms. The van der Waals surface area contributed by atoms with Crippen LogP contribution in [0, 0.1) is 6.92 Å². The lowest BCUT2D eigenvalue weighted by molar-refractivity contribution is 0.0723. The third kappa shape index (κ3) is 8.07. The van der Waals surface area contributed by atoms with Gasteiger partial charge in [0.1, 0.15) is 11.6 Å². The Kier molecular flexibility index (Phi) is 13.2. The summed E-state index contributed by atoms with van der Waals surface area (Å²) in [7, 11) is 1.94. The fourth-order valence-corrected chi connectivity index (χ4v) is 4.59. The lowest BCUT2D eigenvalue weighted by atomic mass is 10.1. The number of hydrogen-bond acceptors (Lipinski definition) is 6. The van der Waals surface area contributed by atoms with E-state index in [0.717, 1.165) is 48.6 Å². The molecule has 7 heteroatoms. The third-order valence-corrected chi connectivity index (χ3v) is 6.52. The minimum absolute atomic E-state index is 0.0167. The van der Waals surface area contributed by atoms with Gasteiger partial charge in [-0.15, -0.1) is 0 Å². The van der Waals surface area contributed by atoms with E-state index in [2.05, 4.69) is 10.3 Å². The SMILES string of the molecule is CC.CC.CCOc1cc(C(=O)N2CCCCC2)ccc1Nc1cc(N(C)c2ccccc2C(C)=O)c(C)cn1. The summed E-state index contributed by atoms with van der Waals surface area (Å²) in [5.74, 6) is 1.31. The number of aryl methyl sites for hydroxylation is 1. The Morgan fingerprint density at radius 3 is 2.30 bits per heavy atom. The second-order valence-corrected chi connectivity index (χ2v) is 9.11. The molecule has 1 amide bonds. The second kappa shape index (κ2) is 16.3. The first-order valence-electron chi connectivity index (χ1n) is 14.5. The first-order chi connectivity index (χ1) is 19.4. The summed E-state index contributed by atoms with van der Waals surface area (Å²) in [4.78, 5) is 33.7. The summed E-state index contributed by atoms with van der Waals surface area (Å²) in [5.41, 5.74) is 4.77. The molecular formula is C33H46N4O3. The average Bonchev–Trinajstić information content (AvgIpc) is 3.00. The number of rotatable bonds is 8. The first-order valence-corrected chi connectivity index (χ1v) is 14.5. The molecule has 0 atom stereocenters. The number of carbonyl (C=O) groups excluding carboxylic acids is 2. The molecule has 0 bridgehead atoms. The third-order valence-electron chi connectivity index (χ3n) is 6.52. The molecule has 0 radical (unpaired) electrons. The molecule has 1 aliphatic rings. The van der Waals surface area contributed by atoms with Crippen molar-refractivity contribution in [3.8, 4) is 5.75 Å². The van der Waals surface area contributed by atoms with E-state index in [0.29, 0.717) is 29.3 Å². The molecule has 7 nitrogen and oxygen atoms in total. The number of likely N-dealkylation sites (tertiary alicyclic amines) is 1. The van der Waals surface area contributed by atoms with Gasteiger partial charge in [0.05, 0.1) is 18.0 Å². The van der Waals surface area contributed by atoms with Crippen molar-refractivity contribution in [3.05, 3.63) is 71.4 Å². The molecule has 216 valence electrons. The Hall–Kier alpha value is -3.87. The van der Waals surface area contributed by atoms with E-state index in [1.807, 2.05) is 107 Å².